The van der Waals surface area contributed by atoms with Gasteiger partial charge in [0.05, 0.1) is 23.4 Å². The van der Waals surface area contributed by atoms with Crippen LogP contribution in [0.5, 0.6) is 0 Å². The molecule has 0 unspecified atom stereocenters. The molecule has 6 nitrogen and oxygen atoms in total. The van der Waals surface area contributed by atoms with Crippen molar-refractivity contribution >= 4 is 5.78 Å². The summed E-state index contributed by atoms with van der Waals surface area (Å²) in [5.41, 5.74) is -1.91. The Balaban J connectivity index is 1.64. The van der Waals surface area contributed by atoms with E-state index in [1.54, 1.807) is 19.9 Å². The second-order valence-electron chi connectivity index (χ2n) is 12.8. The monoisotopic (exact) mass is 464 g/mol. The van der Waals surface area contributed by atoms with Crippen molar-refractivity contribution in [2.24, 2.45) is 34.5 Å². The topological polar surface area (TPSA) is 118 Å². The van der Waals surface area contributed by atoms with Crippen LogP contribution < -0.4 is 0 Å². The molecule has 0 amide bonds. The van der Waals surface area contributed by atoms with Crippen LogP contribution in [0.1, 0.15) is 85.5 Å². The van der Waals surface area contributed by atoms with Crippen LogP contribution in [0.2, 0.25) is 0 Å². The van der Waals surface area contributed by atoms with Gasteiger partial charge in [0.25, 0.3) is 0 Å². The first-order valence-electron chi connectivity index (χ1n) is 12.9. The number of carbonyl (C=O) groups is 1. The molecule has 33 heavy (non-hydrogen) atoms. The number of rotatable bonds is 6. The molecule has 5 N–H and O–H groups in total. The number of aliphatic hydroxyl groups excluding tert-OH is 3. The van der Waals surface area contributed by atoms with Gasteiger partial charge in [-0.1, -0.05) is 13.8 Å². The lowest BCUT2D eigenvalue weighted by Gasteiger charge is -2.60. The number of allylic oxidation sites excluding steroid dienone is 1. The summed E-state index contributed by atoms with van der Waals surface area (Å²) in [4.78, 5) is 13.2. The van der Waals surface area contributed by atoms with E-state index >= 15 is 0 Å². The van der Waals surface area contributed by atoms with Crippen LogP contribution in [0.4, 0.5) is 0 Å². The Kier molecular flexibility index (Phi) is 6.45. The second-order valence-corrected chi connectivity index (χ2v) is 12.8. The fourth-order valence-electron chi connectivity index (χ4n) is 8.28. The SMILES string of the molecule is CC(C)(O)CC[C@@H](O)[C@@H](CO)[C@H]1CC[C@@]2(O)C3=CC(=O)[C@H]4C[C@@H](O)CC[C@]4(C)[C@H]3CC[C@]12C. The standard InChI is InChI=1S/C27H44O6/c1-24(2,32)9-8-22(30)17(15-28)18-7-12-27(33)20-14-23(31)21-13-16(29)5-10-25(21,3)19(20)6-11-26(18,27)4/h14,16-19,21-22,28-30,32-33H,5-13,15H2,1-4H3/t16-,17-,18+,19-,21+,22+,25+,26+,27+/m0/s1. The van der Waals surface area contributed by atoms with Crippen molar-refractivity contribution in [3.63, 3.8) is 0 Å². The summed E-state index contributed by atoms with van der Waals surface area (Å²) in [6.45, 7) is 7.53. The first kappa shape index (κ1) is 25.3. The minimum atomic E-state index is -1.12. The maximum atomic E-state index is 13.2. The molecule has 4 aliphatic rings. The largest absolute Gasteiger partial charge is 0.396 e. The lowest BCUT2D eigenvalue weighted by atomic mass is 9.46. The van der Waals surface area contributed by atoms with Crippen molar-refractivity contribution in [3.05, 3.63) is 11.6 Å². The van der Waals surface area contributed by atoms with Gasteiger partial charge < -0.3 is 25.5 Å². The number of hydrogen-bond donors (Lipinski definition) is 5. The molecule has 0 aliphatic heterocycles. The first-order chi connectivity index (χ1) is 15.3. The number of ketones is 1. The first-order valence-corrected chi connectivity index (χ1v) is 12.9. The minimum absolute atomic E-state index is 0.0348. The van der Waals surface area contributed by atoms with Gasteiger partial charge in [-0.05, 0) is 101 Å². The quantitative estimate of drug-likeness (QED) is 0.413. The average molecular weight is 465 g/mol. The van der Waals surface area contributed by atoms with E-state index in [-0.39, 0.29) is 41.5 Å². The molecule has 0 aromatic heterocycles. The van der Waals surface area contributed by atoms with Gasteiger partial charge in [0.1, 0.15) is 0 Å². The molecule has 4 aliphatic carbocycles. The van der Waals surface area contributed by atoms with Crippen molar-refractivity contribution in [1.29, 1.82) is 0 Å². The molecule has 4 rings (SSSR count). The van der Waals surface area contributed by atoms with Crippen LogP contribution in [0.25, 0.3) is 0 Å². The highest BCUT2D eigenvalue weighted by Crippen LogP contribution is 2.68. The van der Waals surface area contributed by atoms with E-state index < -0.39 is 28.8 Å². The van der Waals surface area contributed by atoms with Gasteiger partial charge in [-0.25, -0.2) is 0 Å². The van der Waals surface area contributed by atoms with Crippen molar-refractivity contribution in [1.82, 2.24) is 0 Å². The Morgan fingerprint density at radius 1 is 1.12 bits per heavy atom. The van der Waals surface area contributed by atoms with Crippen LogP contribution in [-0.2, 0) is 4.79 Å². The molecule has 6 heteroatoms. The summed E-state index contributed by atoms with van der Waals surface area (Å²) in [7, 11) is 0. The van der Waals surface area contributed by atoms with Crippen LogP contribution >= 0.6 is 0 Å². The van der Waals surface area contributed by atoms with Gasteiger partial charge in [-0.3, -0.25) is 4.79 Å². The van der Waals surface area contributed by atoms with E-state index in [0.29, 0.717) is 38.5 Å². The van der Waals surface area contributed by atoms with Crippen LogP contribution in [0.15, 0.2) is 11.6 Å². The van der Waals surface area contributed by atoms with Gasteiger partial charge in [0, 0.05) is 23.9 Å². The maximum absolute atomic E-state index is 13.2. The smallest absolute Gasteiger partial charge is 0.159 e. The predicted molar refractivity (Wildman–Crippen MR) is 125 cm³/mol. The number of hydrogen-bond acceptors (Lipinski definition) is 6. The Bertz CT molecular complexity index is 801. The number of fused-ring (bicyclic) bond motifs is 5. The average Bonchev–Trinajstić information content (AvgIpc) is 3.00. The van der Waals surface area contributed by atoms with E-state index in [1.165, 1.54) is 0 Å². The van der Waals surface area contributed by atoms with Crippen LogP contribution in [0.3, 0.4) is 0 Å². The minimum Gasteiger partial charge on any atom is -0.396 e. The zero-order valence-corrected chi connectivity index (χ0v) is 20.8. The molecule has 0 bridgehead atoms. The van der Waals surface area contributed by atoms with Crippen molar-refractivity contribution in [2.75, 3.05) is 6.61 Å². The van der Waals surface area contributed by atoms with E-state index in [4.69, 9.17) is 0 Å². The summed E-state index contributed by atoms with van der Waals surface area (Å²) < 4.78 is 0. The Hall–Kier alpha value is -0.790. The third-order valence-electron chi connectivity index (χ3n) is 10.4. The predicted octanol–water partition coefficient (Wildman–Crippen LogP) is 2.74. The fourth-order valence-corrected chi connectivity index (χ4v) is 8.28. The maximum Gasteiger partial charge on any atom is 0.159 e. The number of aliphatic hydroxyl groups is 5. The summed E-state index contributed by atoms with van der Waals surface area (Å²) in [6.07, 6.45) is 6.21. The van der Waals surface area contributed by atoms with Crippen LogP contribution in [-0.4, -0.2) is 61.3 Å². The Labute approximate surface area is 198 Å². The second kappa shape index (κ2) is 8.41. The van der Waals surface area contributed by atoms with Gasteiger partial charge in [-0.15, -0.1) is 0 Å². The highest BCUT2D eigenvalue weighted by Gasteiger charge is 2.66. The van der Waals surface area contributed by atoms with Crippen molar-refractivity contribution < 1.29 is 30.3 Å². The van der Waals surface area contributed by atoms with E-state index in [9.17, 15) is 30.3 Å². The Morgan fingerprint density at radius 3 is 2.45 bits per heavy atom. The lowest BCUT2D eigenvalue weighted by Crippen LogP contribution is -2.59. The van der Waals surface area contributed by atoms with Crippen LogP contribution in [0, 0.1) is 34.5 Å². The lowest BCUT2D eigenvalue weighted by molar-refractivity contribution is -0.144. The number of carbonyl (C=O) groups excluding carboxylic acids is 1. The molecule has 0 aromatic carbocycles. The van der Waals surface area contributed by atoms with Crippen molar-refractivity contribution in [2.45, 2.75) is 109 Å². The van der Waals surface area contributed by atoms with E-state index in [0.717, 1.165) is 24.8 Å². The molecular weight excluding hydrogens is 420 g/mol. The zero-order valence-electron chi connectivity index (χ0n) is 20.8. The highest BCUT2D eigenvalue weighted by atomic mass is 16.3. The summed E-state index contributed by atoms with van der Waals surface area (Å²) in [5.74, 6) is -0.477. The molecule has 0 spiro atoms. The van der Waals surface area contributed by atoms with E-state index in [1.807, 2.05) is 0 Å². The fraction of sp³-hybridized carbons (Fsp3) is 0.889. The summed E-state index contributed by atoms with van der Waals surface area (Å²) in [6, 6.07) is 0. The molecule has 0 radical (unpaired) electrons. The summed E-state index contributed by atoms with van der Waals surface area (Å²) >= 11 is 0. The highest BCUT2D eigenvalue weighted by molar-refractivity contribution is 5.95. The molecule has 0 saturated heterocycles. The molecule has 188 valence electrons. The third-order valence-corrected chi connectivity index (χ3v) is 10.4. The zero-order chi connectivity index (χ0) is 24.4. The van der Waals surface area contributed by atoms with Gasteiger partial charge >= 0.3 is 0 Å². The van der Waals surface area contributed by atoms with E-state index in [2.05, 4.69) is 13.8 Å². The van der Waals surface area contributed by atoms with Crippen molar-refractivity contribution in [3.8, 4) is 0 Å². The molecular formula is C27H44O6. The normalized spacial score (nSPS) is 45.0. The Morgan fingerprint density at radius 2 is 1.82 bits per heavy atom. The molecule has 3 fully saturated rings. The molecule has 0 aromatic rings. The van der Waals surface area contributed by atoms with Gasteiger partial charge in [-0.2, -0.15) is 0 Å². The third kappa shape index (κ3) is 3.94. The van der Waals surface area contributed by atoms with Gasteiger partial charge in [0.2, 0.25) is 0 Å². The molecule has 0 heterocycles. The van der Waals surface area contributed by atoms with Gasteiger partial charge in [0.15, 0.2) is 5.78 Å². The molecule has 9 atom stereocenters. The molecule has 3 saturated carbocycles. The summed E-state index contributed by atoms with van der Waals surface area (Å²) in [5, 5.41) is 53.8.